The molecule has 0 bridgehead atoms. The van der Waals surface area contributed by atoms with Gasteiger partial charge in [-0.1, -0.05) is 109 Å². The van der Waals surface area contributed by atoms with Crippen molar-refractivity contribution < 1.29 is 15.7 Å². The van der Waals surface area contributed by atoms with Gasteiger partial charge in [0.2, 0.25) is 0 Å². The summed E-state index contributed by atoms with van der Waals surface area (Å²) in [5.74, 6) is -0.546. The Morgan fingerprint density at radius 3 is 2.02 bits per heavy atom. The van der Waals surface area contributed by atoms with E-state index < -0.39 is 23.9 Å². The van der Waals surface area contributed by atoms with E-state index in [-0.39, 0.29) is 28.8 Å². The molecule has 0 spiro atoms. The van der Waals surface area contributed by atoms with Gasteiger partial charge in [0.1, 0.15) is 17.0 Å². The van der Waals surface area contributed by atoms with Crippen molar-refractivity contribution in [3.8, 4) is 33.4 Å². The molecule has 7 aromatic carbocycles. The Hall–Kier alpha value is -5.21. The van der Waals surface area contributed by atoms with Gasteiger partial charge in [-0.15, -0.1) is 0 Å². The highest BCUT2D eigenvalue weighted by Crippen LogP contribution is 2.42. The summed E-state index contributed by atoms with van der Waals surface area (Å²) in [6.45, 7) is 0. The molecular formula is C38H23FO. The second kappa shape index (κ2) is 8.93. The van der Waals surface area contributed by atoms with E-state index in [1.807, 2.05) is 60.7 Å². The highest BCUT2D eigenvalue weighted by atomic mass is 19.1. The van der Waals surface area contributed by atoms with Crippen molar-refractivity contribution in [1.29, 1.82) is 0 Å². The lowest BCUT2D eigenvalue weighted by molar-refractivity contribution is 0.632. The van der Waals surface area contributed by atoms with Gasteiger partial charge < -0.3 is 4.42 Å². The Balaban J connectivity index is 1.35. The van der Waals surface area contributed by atoms with E-state index in [4.69, 9.17) is 11.3 Å². The minimum absolute atomic E-state index is 0.0338. The fraction of sp³-hybridized carbons (Fsp3) is 0. The molecule has 8 rings (SSSR count). The van der Waals surface area contributed by atoms with Crippen LogP contribution in [0.5, 0.6) is 0 Å². The zero-order valence-electron chi connectivity index (χ0n) is 26.2. The SMILES string of the molecule is [2H]c1c([2H])c([2H])c(-c2cccc(F)c2-c2ccc(-c3ccc4oc5cc6ccccc6cc5c4c3)c3ccccc23)c([2H])c1[2H]. The summed E-state index contributed by atoms with van der Waals surface area (Å²) in [6, 6.07) is 32.3. The fourth-order valence-electron chi connectivity index (χ4n) is 5.79. The van der Waals surface area contributed by atoms with Gasteiger partial charge >= 0.3 is 0 Å². The van der Waals surface area contributed by atoms with Gasteiger partial charge in [-0.3, -0.25) is 0 Å². The van der Waals surface area contributed by atoms with Crippen LogP contribution in [-0.2, 0) is 0 Å². The zero-order valence-corrected chi connectivity index (χ0v) is 21.2. The third-order valence-corrected chi connectivity index (χ3v) is 7.62. The smallest absolute Gasteiger partial charge is 0.136 e. The Morgan fingerprint density at radius 2 is 1.20 bits per heavy atom. The number of halogens is 1. The Kier molecular flexibility index (Phi) is 4.05. The first kappa shape index (κ1) is 18.1. The van der Waals surface area contributed by atoms with E-state index in [2.05, 4.69) is 30.3 Å². The van der Waals surface area contributed by atoms with Crippen LogP contribution in [-0.4, -0.2) is 0 Å². The lowest BCUT2D eigenvalue weighted by Gasteiger charge is -2.16. The first-order chi connectivity index (χ1) is 21.8. The van der Waals surface area contributed by atoms with Crippen LogP contribution < -0.4 is 0 Å². The Labute approximate surface area is 237 Å². The molecule has 0 atom stereocenters. The molecule has 0 amide bonds. The molecule has 0 unspecified atom stereocenters. The van der Waals surface area contributed by atoms with Crippen LogP contribution in [0.15, 0.2) is 144 Å². The average molecular weight is 520 g/mol. The van der Waals surface area contributed by atoms with Gasteiger partial charge in [-0.05, 0) is 79.7 Å². The third-order valence-electron chi connectivity index (χ3n) is 7.62. The van der Waals surface area contributed by atoms with Crippen molar-refractivity contribution in [3.05, 3.63) is 145 Å². The van der Waals surface area contributed by atoms with Crippen molar-refractivity contribution in [2.75, 3.05) is 0 Å². The largest absolute Gasteiger partial charge is 0.456 e. The van der Waals surface area contributed by atoms with Crippen molar-refractivity contribution in [3.63, 3.8) is 0 Å². The minimum Gasteiger partial charge on any atom is -0.456 e. The molecule has 1 nitrogen and oxygen atoms in total. The first-order valence-electron chi connectivity index (χ1n) is 15.5. The van der Waals surface area contributed by atoms with Crippen LogP contribution in [0.1, 0.15) is 6.85 Å². The van der Waals surface area contributed by atoms with Crippen molar-refractivity contribution in [2.45, 2.75) is 0 Å². The maximum Gasteiger partial charge on any atom is 0.136 e. The summed E-state index contributed by atoms with van der Waals surface area (Å²) in [4.78, 5) is 0. The van der Waals surface area contributed by atoms with Crippen LogP contribution in [0, 0.1) is 5.82 Å². The van der Waals surface area contributed by atoms with Gasteiger partial charge in [-0.25, -0.2) is 4.39 Å². The maximum absolute atomic E-state index is 15.9. The second-order valence-corrected chi connectivity index (χ2v) is 9.88. The highest BCUT2D eigenvalue weighted by Gasteiger charge is 2.17. The third kappa shape index (κ3) is 3.54. The van der Waals surface area contributed by atoms with E-state index in [9.17, 15) is 0 Å². The van der Waals surface area contributed by atoms with Crippen LogP contribution in [0.25, 0.3) is 76.9 Å². The lowest BCUT2D eigenvalue weighted by Crippen LogP contribution is -1.92. The zero-order chi connectivity index (χ0) is 31.0. The number of hydrogen-bond acceptors (Lipinski definition) is 1. The quantitative estimate of drug-likeness (QED) is 0.226. The molecule has 1 aromatic heterocycles. The van der Waals surface area contributed by atoms with Crippen LogP contribution >= 0.6 is 0 Å². The van der Waals surface area contributed by atoms with E-state index >= 15 is 4.39 Å². The summed E-state index contributed by atoms with van der Waals surface area (Å²) in [7, 11) is 0. The molecule has 0 saturated heterocycles. The number of fused-ring (bicyclic) bond motifs is 5. The molecule has 2 heteroatoms. The van der Waals surface area contributed by atoms with Crippen molar-refractivity contribution in [1.82, 2.24) is 0 Å². The minimum atomic E-state index is -0.546. The van der Waals surface area contributed by atoms with Crippen LogP contribution in [0.3, 0.4) is 0 Å². The highest BCUT2D eigenvalue weighted by molar-refractivity contribution is 6.12. The number of furan rings is 1. The molecule has 1 heterocycles. The molecule has 0 radical (unpaired) electrons. The standard InChI is InChI=1S/C38H23FO/c39-35-16-8-15-29(24-9-2-1-3-10-24)38(35)32-19-18-28(30-13-6-7-14-31(30)32)27-17-20-36-33(22-27)34-21-25-11-4-5-12-26(25)23-37(34)40-36/h1-23H/i1D,2D,3D,9D,10D. The summed E-state index contributed by atoms with van der Waals surface area (Å²) in [5, 5.41) is 5.94. The van der Waals surface area contributed by atoms with Crippen molar-refractivity contribution in [2.24, 2.45) is 0 Å². The molecule has 188 valence electrons. The number of rotatable bonds is 3. The maximum atomic E-state index is 15.9. The number of hydrogen-bond donors (Lipinski definition) is 0. The van der Waals surface area contributed by atoms with E-state index in [0.29, 0.717) is 5.56 Å². The molecule has 40 heavy (non-hydrogen) atoms. The lowest BCUT2D eigenvalue weighted by atomic mass is 9.88. The van der Waals surface area contributed by atoms with Gasteiger partial charge in [0.15, 0.2) is 0 Å². The van der Waals surface area contributed by atoms with Gasteiger partial charge in [0, 0.05) is 16.3 Å². The predicted octanol–water partition coefficient (Wildman–Crippen LogP) is 11.0. The van der Waals surface area contributed by atoms with Gasteiger partial charge in [-0.2, -0.15) is 0 Å². The molecule has 0 aliphatic carbocycles. The molecule has 0 aliphatic rings. The first-order valence-corrected chi connectivity index (χ1v) is 13.0. The average Bonchev–Trinajstić information content (AvgIpc) is 3.42. The fourth-order valence-corrected chi connectivity index (χ4v) is 5.79. The molecule has 0 fully saturated rings. The normalized spacial score (nSPS) is 13.4. The molecule has 8 aromatic rings. The monoisotopic (exact) mass is 519 g/mol. The topological polar surface area (TPSA) is 13.1 Å². The summed E-state index contributed by atoms with van der Waals surface area (Å²) in [6.07, 6.45) is 0. The Morgan fingerprint density at radius 1 is 0.500 bits per heavy atom. The van der Waals surface area contributed by atoms with E-state index in [0.717, 1.165) is 54.6 Å². The summed E-state index contributed by atoms with van der Waals surface area (Å²) >= 11 is 0. The van der Waals surface area contributed by atoms with Gasteiger partial charge in [0.25, 0.3) is 0 Å². The van der Waals surface area contributed by atoms with E-state index in [1.165, 1.54) is 12.1 Å². The van der Waals surface area contributed by atoms with Crippen molar-refractivity contribution >= 4 is 43.5 Å². The molecular weight excluding hydrogens is 491 g/mol. The summed E-state index contributed by atoms with van der Waals surface area (Å²) in [5.41, 5.74) is 4.49. The molecule has 0 saturated carbocycles. The van der Waals surface area contributed by atoms with E-state index in [1.54, 1.807) is 6.07 Å². The Bertz CT molecular complexity index is 2490. The number of benzene rings is 7. The molecule has 0 aliphatic heterocycles. The van der Waals surface area contributed by atoms with Gasteiger partial charge in [0.05, 0.1) is 6.85 Å². The van der Waals surface area contributed by atoms with Crippen LogP contribution in [0.4, 0.5) is 4.39 Å². The molecule has 0 N–H and O–H groups in total. The predicted molar refractivity (Wildman–Crippen MR) is 165 cm³/mol. The second-order valence-electron chi connectivity index (χ2n) is 9.88. The van der Waals surface area contributed by atoms with Crippen LogP contribution in [0.2, 0.25) is 0 Å². The summed E-state index contributed by atoms with van der Waals surface area (Å²) < 4.78 is 63.6.